The van der Waals surface area contributed by atoms with Crippen molar-refractivity contribution in [3.05, 3.63) is 0 Å². The smallest absolute Gasteiger partial charge is 0.410 e. The van der Waals surface area contributed by atoms with Crippen LogP contribution in [0, 0.1) is 11.3 Å². The molecule has 1 N–H and O–H groups in total. The number of amides is 3. The summed E-state index contributed by atoms with van der Waals surface area (Å²) in [5.41, 5.74) is -0.943. The lowest BCUT2D eigenvalue weighted by Gasteiger charge is -2.53. The van der Waals surface area contributed by atoms with Gasteiger partial charge in [-0.05, 0) is 20.8 Å². The second kappa shape index (κ2) is 4.21. The highest BCUT2D eigenvalue weighted by Gasteiger charge is 2.55. The van der Waals surface area contributed by atoms with Crippen LogP contribution in [-0.4, -0.2) is 41.5 Å². The molecular weight excluding hydrogens is 248 g/mol. The largest absolute Gasteiger partial charge is 0.444 e. The van der Waals surface area contributed by atoms with E-state index in [9.17, 15) is 14.4 Å². The molecule has 2 heterocycles. The SMILES string of the molecule is CC1C(=O)NC(=O)CC12CN(C(=O)OC(C)(C)C)C2. The molecule has 3 amide bonds. The minimum Gasteiger partial charge on any atom is -0.444 e. The van der Waals surface area contributed by atoms with E-state index in [-0.39, 0.29) is 23.8 Å². The highest BCUT2D eigenvalue weighted by Crippen LogP contribution is 2.43. The Morgan fingerprint density at radius 3 is 2.47 bits per heavy atom. The molecule has 0 bridgehead atoms. The molecular formula is C13H20N2O4. The van der Waals surface area contributed by atoms with Crippen LogP contribution in [-0.2, 0) is 14.3 Å². The van der Waals surface area contributed by atoms with Crippen LogP contribution >= 0.6 is 0 Å². The summed E-state index contributed by atoms with van der Waals surface area (Å²) < 4.78 is 5.27. The molecule has 2 fully saturated rings. The lowest BCUT2D eigenvalue weighted by atomic mass is 9.65. The molecule has 0 aromatic carbocycles. The maximum absolute atomic E-state index is 11.9. The summed E-state index contributed by atoms with van der Waals surface area (Å²) in [6.07, 6.45) is -0.0945. The fourth-order valence-corrected chi connectivity index (χ4v) is 2.60. The Labute approximate surface area is 112 Å². The maximum atomic E-state index is 11.9. The normalized spacial score (nSPS) is 25.9. The molecule has 106 valence electrons. The first kappa shape index (κ1) is 13.8. The first-order chi connectivity index (χ1) is 8.63. The third-order valence-corrected chi connectivity index (χ3v) is 3.75. The minimum atomic E-state index is -0.536. The molecule has 2 aliphatic heterocycles. The molecule has 19 heavy (non-hydrogen) atoms. The third-order valence-electron chi connectivity index (χ3n) is 3.75. The van der Waals surface area contributed by atoms with Gasteiger partial charge in [0.25, 0.3) is 0 Å². The number of hydrogen-bond donors (Lipinski definition) is 1. The van der Waals surface area contributed by atoms with Crippen molar-refractivity contribution in [2.45, 2.75) is 39.7 Å². The van der Waals surface area contributed by atoms with E-state index < -0.39 is 11.0 Å². The maximum Gasteiger partial charge on any atom is 0.410 e. The average Bonchev–Trinajstić information content (AvgIpc) is 2.17. The van der Waals surface area contributed by atoms with Crippen LogP contribution in [0.15, 0.2) is 0 Å². The van der Waals surface area contributed by atoms with E-state index in [0.717, 1.165) is 0 Å². The Morgan fingerprint density at radius 1 is 1.37 bits per heavy atom. The lowest BCUT2D eigenvalue weighted by molar-refractivity contribution is -0.152. The Kier molecular flexibility index (Phi) is 3.07. The lowest BCUT2D eigenvalue weighted by Crippen LogP contribution is -2.67. The second-order valence-electron chi connectivity index (χ2n) is 6.51. The van der Waals surface area contributed by atoms with Crippen molar-refractivity contribution in [3.63, 3.8) is 0 Å². The van der Waals surface area contributed by atoms with Crippen molar-refractivity contribution >= 4 is 17.9 Å². The second-order valence-corrected chi connectivity index (χ2v) is 6.51. The van der Waals surface area contributed by atoms with Gasteiger partial charge in [0, 0.05) is 30.8 Å². The van der Waals surface area contributed by atoms with Crippen molar-refractivity contribution in [1.82, 2.24) is 10.2 Å². The van der Waals surface area contributed by atoms with Gasteiger partial charge in [-0.25, -0.2) is 4.79 Å². The van der Waals surface area contributed by atoms with Gasteiger partial charge in [-0.3, -0.25) is 14.9 Å². The molecule has 6 nitrogen and oxygen atoms in total. The summed E-state index contributed by atoms with van der Waals surface area (Å²) in [6, 6.07) is 0. The van der Waals surface area contributed by atoms with Gasteiger partial charge in [0.05, 0.1) is 0 Å². The van der Waals surface area contributed by atoms with E-state index in [1.165, 1.54) is 0 Å². The summed E-state index contributed by atoms with van der Waals surface area (Å²) in [5.74, 6) is -0.768. The number of imide groups is 1. The van der Waals surface area contributed by atoms with Crippen molar-refractivity contribution in [2.75, 3.05) is 13.1 Å². The minimum absolute atomic E-state index is 0.250. The van der Waals surface area contributed by atoms with Crippen molar-refractivity contribution in [1.29, 1.82) is 0 Å². The van der Waals surface area contributed by atoms with Gasteiger partial charge in [-0.2, -0.15) is 0 Å². The zero-order valence-electron chi connectivity index (χ0n) is 11.8. The van der Waals surface area contributed by atoms with Crippen LogP contribution in [0.25, 0.3) is 0 Å². The van der Waals surface area contributed by atoms with Crippen LogP contribution in [0.2, 0.25) is 0 Å². The van der Waals surface area contributed by atoms with Crippen molar-refractivity contribution in [3.8, 4) is 0 Å². The highest BCUT2D eigenvalue weighted by atomic mass is 16.6. The van der Waals surface area contributed by atoms with Crippen molar-refractivity contribution in [2.24, 2.45) is 11.3 Å². The fraction of sp³-hybridized carbons (Fsp3) is 0.769. The van der Waals surface area contributed by atoms with Crippen LogP contribution < -0.4 is 5.32 Å². The number of nitrogens with one attached hydrogen (secondary N) is 1. The Bertz CT molecular complexity index is 432. The number of nitrogens with zero attached hydrogens (tertiary/aromatic N) is 1. The Morgan fingerprint density at radius 2 is 1.95 bits per heavy atom. The molecule has 0 saturated carbocycles. The van der Waals surface area contributed by atoms with Gasteiger partial charge < -0.3 is 9.64 Å². The summed E-state index contributed by atoms with van der Waals surface area (Å²) >= 11 is 0. The molecule has 1 unspecified atom stereocenters. The van der Waals surface area contributed by atoms with E-state index in [4.69, 9.17) is 4.74 Å². The molecule has 0 aromatic rings. The van der Waals surface area contributed by atoms with E-state index in [1.54, 1.807) is 32.6 Å². The van der Waals surface area contributed by atoms with Crippen LogP contribution in [0.5, 0.6) is 0 Å². The molecule has 0 radical (unpaired) electrons. The monoisotopic (exact) mass is 268 g/mol. The number of likely N-dealkylation sites (tertiary alicyclic amines) is 1. The Balaban J connectivity index is 1.99. The standard InChI is InChI=1S/C13H20N2O4/c1-8-10(17)14-9(16)5-13(8)6-15(7-13)11(18)19-12(2,3)4/h8H,5-7H2,1-4H3,(H,14,16,17). The molecule has 2 rings (SSSR count). The molecule has 2 saturated heterocycles. The molecule has 0 aliphatic carbocycles. The van der Waals surface area contributed by atoms with Crippen molar-refractivity contribution < 1.29 is 19.1 Å². The number of piperidine rings is 1. The topological polar surface area (TPSA) is 75.7 Å². The van der Waals surface area contributed by atoms with Gasteiger partial charge in [-0.1, -0.05) is 6.92 Å². The molecule has 2 aliphatic rings. The zero-order chi connectivity index (χ0) is 14.4. The number of hydrogen-bond acceptors (Lipinski definition) is 4. The van der Waals surface area contributed by atoms with Crippen LogP contribution in [0.4, 0.5) is 4.79 Å². The van der Waals surface area contributed by atoms with Crippen LogP contribution in [0.1, 0.15) is 34.1 Å². The molecule has 6 heteroatoms. The fourth-order valence-electron chi connectivity index (χ4n) is 2.60. The van der Waals surface area contributed by atoms with Gasteiger partial charge in [0.2, 0.25) is 11.8 Å². The molecule has 0 aromatic heterocycles. The summed E-state index contributed by atoms with van der Waals surface area (Å²) in [4.78, 5) is 36.5. The zero-order valence-corrected chi connectivity index (χ0v) is 11.8. The summed E-state index contributed by atoms with van der Waals surface area (Å²) in [6.45, 7) is 8.03. The predicted octanol–water partition coefficient (Wildman–Crippen LogP) is 0.906. The van der Waals surface area contributed by atoms with E-state index in [0.29, 0.717) is 19.5 Å². The predicted molar refractivity (Wildman–Crippen MR) is 67.2 cm³/mol. The number of carbonyl (C=O) groups excluding carboxylic acids is 3. The number of ether oxygens (including phenoxy) is 1. The van der Waals surface area contributed by atoms with Gasteiger partial charge >= 0.3 is 6.09 Å². The van der Waals surface area contributed by atoms with E-state index in [1.807, 2.05) is 0 Å². The van der Waals surface area contributed by atoms with Gasteiger partial charge in [-0.15, -0.1) is 0 Å². The summed E-state index contributed by atoms with van der Waals surface area (Å²) in [7, 11) is 0. The highest BCUT2D eigenvalue weighted by molar-refractivity contribution is 6.00. The first-order valence-corrected chi connectivity index (χ1v) is 6.45. The Hall–Kier alpha value is -1.59. The van der Waals surface area contributed by atoms with Gasteiger partial charge in [0.1, 0.15) is 5.60 Å². The number of carbonyl (C=O) groups is 3. The van der Waals surface area contributed by atoms with Crippen LogP contribution in [0.3, 0.4) is 0 Å². The quantitative estimate of drug-likeness (QED) is 0.662. The van der Waals surface area contributed by atoms with Gasteiger partial charge in [0.15, 0.2) is 0 Å². The first-order valence-electron chi connectivity index (χ1n) is 6.45. The summed E-state index contributed by atoms with van der Waals surface area (Å²) in [5, 5.41) is 2.32. The average molecular weight is 268 g/mol. The molecule has 1 atom stereocenters. The van der Waals surface area contributed by atoms with E-state index >= 15 is 0 Å². The van der Waals surface area contributed by atoms with E-state index in [2.05, 4.69) is 5.32 Å². The molecule has 1 spiro atoms. The number of rotatable bonds is 0. The third kappa shape index (κ3) is 2.57.